The van der Waals surface area contributed by atoms with Gasteiger partial charge in [0, 0.05) is 0 Å². The molecular weight excluding hydrogens is 198 g/mol. The summed E-state index contributed by atoms with van der Waals surface area (Å²) >= 11 is 0. The van der Waals surface area contributed by atoms with Crippen molar-refractivity contribution >= 4 is 5.69 Å². The van der Waals surface area contributed by atoms with Crippen molar-refractivity contribution in [3.05, 3.63) is 48.5 Å². The van der Waals surface area contributed by atoms with Crippen molar-refractivity contribution in [3.8, 4) is 0 Å². The first-order chi connectivity index (χ1) is 7.84. The Bertz CT molecular complexity index is 501. The number of fused-ring (bicyclic) bond motifs is 1. The lowest BCUT2D eigenvalue weighted by Crippen LogP contribution is -2.35. The van der Waals surface area contributed by atoms with Gasteiger partial charge in [-0.15, -0.1) is 4.68 Å². The van der Waals surface area contributed by atoms with Crippen LogP contribution in [0.1, 0.15) is 12.0 Å². The molecule has 1 aliphatic heterocycles. The Morgan fingerprint density at radius 2 is 2.12 bits per heavy atom. The minimum Gasteiger partial charge on any atom is -0.238 e. The van der Waals surface area contributed by atoms with E-state index >= 15 is 0 Å². The van der Waals surface area contributed by atoms with Crippen LogP contribution in [0.4, 0.5) is 5.69 Å². The molecule has 2 aromatic rings. The molecule has 0 fully saturated rings. The van der Waals surface area contributed by atoms with E-state index in [0.29, 0.717) is 0 Å². The number of aromatic nitrogens is 2. The quantitative estimate of drug-likeness (QED) is 0.656. The lowest BCUT2D eigenvalue weighted by atomic mass is 10.0. The van der Waals surface area contributed by atoms with Gasteiger partial charge in [-0.3, -0.25) is 0 Å². The highest BCUT2D eigenvalue weighted by atomic mass is 15.6. The molecule has 16 heavy (non-hydrogen) atoms. The maximum atomic E-state index is 2.33. The monoisotopic (exact) mass is 214 g/mol. The number of hydrogen-bond donors (Lipinski definition) is 0. The van der Waals surface area contributed by atoms with Gasteiger partial charge >= 0.3 is 0 Å². The van der Waals surface area contributed by atoms with Crippen LogP contribution in [0.2, 0.25) is 0 Å². The predicted octanol–water partition coefficient (Wildman–Crippen LogP) is 1.53. The number of aryl methyl sites for hydroxylation is 2. The van der Waals surface area contributed by atoms with Crippen LogP contribution in [0.3, 0.4) is 0 Å². The summed E-state index contributed by atoms with van der Waals surface area (Å²) in [5, 5.41) is 2.33. The lowest BCUT2D eigenvalue weighted by molar-refractivity contribution is -0.671. The molecule has 0 radical (unpaired) electrons. The van der Waals surface area contributed by atoms with Crippen molar-refractivity contribution in [2.24, 2.45) is 7.05 Å². The fourth-order valence-electron chi connectivity index (χ4n) is 2.33. The molecule has 0 unspecified atom stereocenters. The molecule has 0 N–H and O–H groups in total. The van der Waals surface area contributed by atoms with Gasteiger partial charge in [0.15, 0.2) is 6.20 Å². The number of anilines is 1. The Hall–Kier alpha value is -1.77. The zero-order valence-corrected chi connectivity index (χ0v) is 9.50. The zero-order chi connectivity index (χ0) is 11.0. The van der Waals surface area contributed by atoms with E-state index in [1.54, 1.807) is 0 Å². The molecule has 3 nitrogen and oxygen atoms in total. The summed E-state index contributed by atoms with van der Waals surface area (Å²) in [4.78, 5) is 0. The van der Waals surface area contributed by atoms with E-state index in [1.165, 1.54) is 24.1 Å². The molecule has 2 heterocycles. The van der Waals surface area contributed by atoms with Gasteiger partial charge in [-0.2, -0.15) is 0 Å². The first kappa shape index (κ1) is 9.46. The van der Waals surface area contributed by atoms with Crippen LogP contribution in [0.15, 0.2) is 43.0 Å². The summed E-state index contributed by atoms with van der Waals surface area (Å²) in [6.07, 6.45) is 8.68. The third kappa shape index (κ3) is 1.48. The highest BCUT2D eigenvalue weighted by Crippen LogP contribution is 2.26. The highest BCUT2D eigenvalue weighted by Gasteiger charge is 2.20. The summed E-state index contributed by atoms with van der Waals surface area (Å²) in [6.45, 7) is 1.09. The van der Waals surface area contributed by atoms with Gasteiger partial charge in [0.25, 0.3) is 6.33 Å². The van der Waals surface area contributed by atoms with Gasteiger partial charge in [-0.25, -0.2) is 9.58 Å². The van der Waals surface area contributed by atoms with Crippen molar-refractivity contribution in [2.45, 2.75) is 12.8 Å². The molecule has 0 saturated heterocycles. The molecule has 1 aliphatic rings. The first-order valence-corrected chi connectivity index (χ1v) is 5.73. The van der Waals surface area contributed by atoms with E-state index in [0.717, 1.165) is 6.54 Å². The average Bonchev–Trinajstić information content (AvgIpc) is 2.75. The Balaban J connectivity index is 2.04. The molecule has 0 aliphatic carbocycles. The molecule has 0 spiro atoms. The van der Waals surface area contributed by atoms with Crippen LogP contribution in [-0.2, 0) is 13.5 Å². The molecule has 3 rings (SSSR count). The van der Waals surface area contributed by atoms with Crippen molar-refractivity contribution in [1.29, 1.82) is 0 Å². The molecular formula is C13H16N3+. The number of para-hydroxylation sites is 1. The maximum Gasteiger partial charge on any atom is 0.267 e. The van der Waals surface area contributed by atoms with Crippen LogP contribution in [0.5, 0.6) is 0 Å². The fourth-order valence-corrected chi connectivity index (χ4v) is 2.33. The van der Waals surface area contributed by atoms with Crippen LogP contribution >= 0.6 is 0 Å². The Kier molecular flexibility index (Phi) is 2.17. The molecule has 0 bridgehead atoms. The van der Waals surface area contributed by atoms with Gasteiger partial charge in [-0.1, -0.05) is 18.2 Å². The second kappa shape index (κ2) is 3.67. The molecule has 0 saturated carbocycles. The Morgan fingerprint density at radius 3 is 2.94 bits per heavy atom. The van der Waals surface area contributed by atoms with Gasteiger partial charge < -0.3 is 0 Å². The minimum absolute atomic E-state index is 1.09. The standard InChI is InChI=1S/C13H16N3/c1-14-9-10-15(11-14)16-8-4-6-12-5-2-3-7-13(12)16/h2-3,5,7,9-11H,4,6,8H2,1H3/q+1. The molecule has 82 valence electrons. The summed E-state index contributed by atoms with van der Waals surface area (Å²) < 4.78 is 4.23. The lowest BCUT2D eigenvalue weighted by Gasteiger charge is -2.27. The summed E-state index contributed by atoms with van der Waals surface area (Å²) in [5.41, 5.74) is 2.79. The molecule has 3 heteroatoms. The number of nitrogens with zero attached hydrogens (tertiary/aromatic N) is 3. The second-order valence-corrected chi connectivity index (χ2v) is 4.31. The van der Waals surface area contributed by atoms with Crippen LogP contribution in [0.25, 0.3) is 0 Å². The van der Waals surface area contributed by atoms with Crippen LogP contribution < -0.4 is 9.58 Å². The fraction of sp³-hybridized carbons (Fsp3) is 0.308. The number of benzene rings is 1. The summed E-state index contributed by atoms with van der Waals surface area (Å²) in [5.74, 6) is 0. The van der Waals surface area contributed by atoms with Crippen molar-refractivity contribution in [2.75, 3.05) is 11.6 Å². The van der Waals surface area contributed by atoms with E-state index in [9.17, 15) is 0 Å². The van der Waals surface area contributed by atoms with E-state index in [-0.39, 0.29) is 0 Å². The van der Waals surface area contributed by atoms with Gasteiger partial charge in [0.05, 0.1) is 19.3 Å². The predicted molar refractivity (Wildman–Crippen MR) is 63.1 cm³/mol. The maximum absolute atomic E-state index is 2.33. The van der Waals surface area contributed by atoms with Crippen molar-refractivity contribution in [1.82, 2.24) is 4.68 Å². The Morgan fingerprint density at radius 1 is 1.25 bits per heavy atom. The minimum atomic E-state index is 1.09. The normalized spacial score (nSPS) is 14.9. The van der Waals surface area contributed by atoms with Crippen LogP contribution in [0, 0.1) is 0 Å². The second-order valence-electron chi connectivity index (χ2n) is 4.31. The van der Waals surface area contributed by atoms with E-state index in [2.05, 4.69) is 57.2 Å². The summed E-state index contributed by atoms with van der Waals surface area (Å²) in [7, 11) is 2.05. The third-order valence-electron chi connectivity index (χ3n) is 3.12. The van der Waals surface area contributed by atoms with Crippen molar-refractivity contribution < 1.29 is 4.57 Å². The number of imidazole rings is 1. The molecule has 1 aromatic carbocycles. The molecule has 1 aromatic heterocycles. The number of hydrogen-bond acceptors (Lipinski definition) is 1. The largest absolute Gasteiger partial charge is 0.267 e. The van der Waals surface area contributed by atoms with Crippen molar-refractivity contribution in [3.63, 3.8) is 0 Å². The zero-order valence-electron chi connectivity index (χ0n) is 9.50. The molecule has 0 amide bonds. The smallest absolute Gasteiger partial charge is 0.238 e. The topological polar surface area (TPSA) is 12.0 Å². The van der Waals surface area contributed by atoms with Gasteiger partial charge in [-0.05, 0) is 24.5 Å². The SMILES string of the molecule is C[n+]1ccn(N2CCCc3ccccc32)c1. The van der Waals surface area contributed by atoms with Crippen LogP contribution in [-0.4, -0.2) is 11.2 Å². The number of rotatable bonds is 1. The van der Waals surface area contributed by atoms with E-state index < -0.39 is 0 Å². The average molecular weight is 214 g/mol. The Labute approximate surface area is 95.5 Å². The van der Waals surface area contributed by atoms with E-state index in [4.69, 9.17) is 0 Å². The van der Waals surface area contributed by atoms with Gasteiger partial charge in [0.1, 0.15) is 6.20 Å². The first-order valence-electron chi connectivity index (χ1n) is 5.73. The van der Waals surface area contributed by atoms with Gasteiger partial charge in [0.2, 0.25) is 0 Å². The molecule has 0 atom stereocenters. The highest BCUT2D eigenvalue weighted by molar-refractivity contribution is 5.54. The van der Waals surface area contributed by atoms with E-state index in [1.807, 2.05) is 7.05 Å². The summed E-state index contributed by atoms with van der Waals surface area (Å²) in [6, 6.07) is 8.66. The third-order valence-corrected chi connectivity index (χ3v) is 3.12.